The number of amides is 5. The number of carbonyl (C=O) groups is 5. The van der Waals surface area contributed by atoms with Gasteiger partial charge in [-0.25, -0.2) is 39.5 Å². The van der Waals surface area contributed by atoms with E-state index in [9.17, 15) is 24.0 Å². The van der Waals surface area contributed by atoms with E-state index < -0.39 is 24.0 Å². The van der Waals surface area contributed by atoms with Crippen LogP contribution in [-0.2, 0) is 25.5 Å². The highest BCUT2D eigenvalue weighted by atomic mass is 35.5. The number of aryl methyl sites for hydroxylation is 4. The fraction of sp³-hybridized carbons (Fsp3) is 0.258. The Labute approximate surface area is 747 Å². The van der Waals surface area contributed by atoms with E-state index in [-0.39, 0.29) is 24.5 Å². The summed E-state index contributed by atoms with van der Waals surface area (Å²) < 4.78 is 23.6. The first kappa shape index (κ1) is 89.0. The van der Waals surface area contributed by atoms with Crippen molar-refractivity contribution < 1.29 is 38.2 Å². The zero-order valence-corrected chi connectivity index (χ0v) is 73.1. The van der Waals surface area contributed by atoms with Crippen molar-refractivity contribution in [3.05, 3.63) is 261 Å². The van der Waals surface area contributed by atoms with E-state index in [1.54, 1.807) is 73.3 Å². The van der Waals surface area contributed by atoms with Crippen LogP contribution in [0.1, 0.15) is 132 Å². The zero-order valence-electron chi connectivity index (χ0n) is 70.1. The average molecular weight is 1780 g/mol. The lowest BCUT2D eigenvalue weighted by atomic mass is 9.98. The second-order valence-electron chi connectivity index (χ2n) is 30.9. The maximum absolute atomic E-state index is 12.4. The van der Waals surface area contributed by atoms with Crippen LogP contribution in [0.2, 0.25) is 20.1 Å². The zero-order chi connectivity index (χ0) is 88.5. The van der Waals surface area contributed by atoms with E-state index in [1.165, 1.54) is 43.9 Å². The Hall–Kier alpha value is -13.3. The second kappa shape index (κ2) is 41.5. The molecular formula is C93H95Cl4N21O8. The van der Waals surface area contributed by atoms with Crippen LogP contribution in [-0.4, -0.2) is 142 Å². The van der Waals surface area contributed by atoms with E-state index in [0.717, 1.165) is 155 Å². The van der Waals surface area contributed by atoms with Crippen LogP contribution in [0.4, 0.5) is 32.9 Å². The number of pyridine rings is 4. The molecule has 648 valence electrons. The highest BCUT2D eigenvalue weighted by molar-refractivity contribution is 6.35. The number of hydrogen-bond donors (Lipinski definition) is 8. The van der Waals surface area contributed by atoms with Gasteiger partial charge in [-0.05, 0) is 163 Å². The minimum atomic E-state index is -0.556. The summed E-state index contributed by atoms with van der Waals surface area (Å²) in [6.45, 7) is 11.2. The molecule has 0 radical (unpaired) electrons. The number of anilines is 4. The molecule has 5 amide bonds. The highest BCUT2D eigenvalue weighted by Crippen LogP contribution is 2.41. The van der Waals surface area contributed by atoms with E-state index in [4.69, 9.17) is 77.8 Å². The van der Waals surface area contributed by atoms with Crippen molar-refractivity contribution in [3.63, 3.8) is 0 Å². The van der Waals surface area contributed by atoms with Gasteiger partial charge < -0.3 is 55.0 Å². The van der Waals surface area contributed by atoms with Crippen LogP contribution in [0.25, 0.3) is 90.0 Å². The molecule has 3 fully saturated rings. The SMILES string of the molecule is COCCC(=O)Nc1cc(-n2cc(-c3ncn[nH]3)c(-c3ccccc3Cl)c2)c(C)cn1.Cc1cnc(N)cc1-n1cc(C(N)=O)c(-c2cc(CN3CCCC3)ccc2Cl)c1.Cc1cnc(NC(=O)OC2CCCCC2)cc1-n1cc(-c2ncn[nH]2)c(-c2ccccc2Cl)c1.Cc1cnc(NC(=O)OC2CCCCC2)cc1-n1cc(C(N)=O)c(-c2ccccc2Cl)c1. The molecule has 29 nitrogen and oxygen atoms in total. The number of halogens is 4. The number of aromatic nitrogens is 14. The molecule has 14 aromatic rings. The fourth-order valence-electron chi connectivity index (χ4n) is 15.5. The monoisotopic (exact) mass is 1770 g/mol. The molecule has 126 heavy (non-hydrogen) atoms. The molecule has 1 saturated heterocycles. The summed E-state index contributed by atoms with van der Waals surface area (Å²) >= 11 is 25.9. The van der Waals surface area contributed by atoms with Crippen LogP contribution in [0.15, 0.2) is 202 Å². The normalized spacial score (nSPS) is 13.4. The summed E-state index contributed by atoms with van der Waals surface area (Å²) in [5, 5.41) is 24.5. The Kier molecular flexibility index (Phi) is 29.3. The Morgan fingerprint density at radius 2 is 0.810 bits per heavy atom. The third-order valence-corrected chi connectivity index (χ3v) is 23.3. The van der Waals surface area contributed by atoms with Gasteiger partial charge in [0.15, 0.2) is 11.6 Å². The molecule has 1 aliphatic heterocycles. The predicted octanol–water partition coefficient (Wildman–Crippen LogP) is 19.7. The van der Waals surface area contributed by atoms with E-state index in [1.807, 2.05) is 163 Å². The number of methoxy groups -OCH3 is 1. The highest BCUT2D eigenvalue weighted by Gasteiger charge is 2.27. The van der Waals surface area contributed by atoms with Crippen LogP contribution < -0.4 is 33.2 Å². The number of H-pyrrole nitrogens is 2. The molecule has 4 aromatic carbocycles. The number of nitrogens with one attached hydrogen (secondary N) is 5. The number of nitrogens with zero attached hydrogens (tertiary/aromatic N) is 13. The van der Waals surface area contributed by atoms with E-state index in [2.05, 4.69) is 77.2 Å². The van der Waals surface area contributed by atoms with Crippen molar-refractivity contribution in [1.29, 1.82) is 0 Å². The van der Waals surface area contributed by atoms with Gasteiger partial charge in [0.05, 0.1) is 46.9 Å². The molecule has 33 heteroatoms. The molecule has 10 aromatic heterocycles. The quantitative estimate of drug-likeness (QED) is 0.0312. The first-order chi connectivity index (χ1) is 61.0. The Balaban J connectivity index is 0.000000137. The van der Waals surface area contributed by atoms with Gasteiger partial charge in [0.25, 0.3) is 11.8 Å². The molecule has 3 aliphatic rings. The summed E-state index contributed by atoms with van der Waals surface area (Å²) in [6, 6.07) is 35.7. The van der Waals surface area contributed by atoms with Gasteiger partial charge >= 0.3 is 12.2 Å². The predicted molar refractivity (Wildman–Crippen MR) is 491 cm³/mol. The number of ether oxygens (including phenoxy) is 3. The van der Waals surface area contributed by atoms with Gasteiger partial charge in [0.1, 0.15) is 48.1 Å². The Morgan fingerprint density at radius 1 is 0.429 bits per heavy atom. The van der Waals surface area contributed by atoms with Gasteiger partial charge in [-0.3, -0.25) is 40.1 Å². The number of benzene rings is 4. The maximum Gasteiger partial charge on any atom is 0.413 e. The number of primary amides is 2. The molecule has 0 atom stereocenters. The largest absolute Gasteiger partial charge is 0.446 e. The van der Waals surface area contributed by atoms with Gasteiger partial charge in [-0.15, -0.1) is 0 Å². The lowest BCUT2D eigenvalue weighted by Crippen LogP contribution is -2.24. The van der Waals surface area contributed by atoms with Gasteiger partial charge in [0, 0.05) is 188 Å². The van der Waals surface area contributed by atoms with Crippen LogP contribution >= 0.6 is 46.4 Å². The first-order valence-electron chi connectivity index (χ1n) is 41.3. The van der Waals surface area contributed by atoms with Crippen LogP contribution in [0.3, 0.4) is 0 Å². The average Bonchev–Trinajstić information content (AvgIpc) is 1.65. The molecule has 2 saturated carbocycles. The molecule has 0 spiro atoms. The maximum atomic E-state index is 12.4. The van der Waals surface area contributed by atoms with Crippen molar-refractivity contribution in [3.8, 4) is 90.0 Å². The second-order valence-corrected chi connectivity index (χ2v) is 32.6. The van der Waals surface area contributed by atoms with Crippen molar-refractivity contribution >= 4 is 99.6 Å². The van der Waals surface area contributed by atoms with Gasteiger partial charge in [-0.2, -0.15) is 10.2 Å². The molecule has 2 aliphatic carbocycles. The van der Waals surface area contributed by atoms with E-state index >= 15 is 0 Å². The molecule has 11 heterocycles. The van der Waals surface area contributed by atoms with Crippen LogP contribution in [0.5, 0.6) is 0 Å². The molecule has 0 unspecified atom stereocenters. The number of carbonyl (C=O) groups excluding carboxylic acids is 5. The number of likely N-dealkylation sites (tertiary alicyclic amines) is 1. The Morgan fingerprint density at radius 3 is 1.23 bits per heavy atom. The van der Waals surface area contributed by atoms with Crippen molar-refractivity contribution in [2.45, 2.75) is 130 Å². The minimum absolute atomic E-state index is 0.0224. The standard InChI is InChI=1S/C25H25ClN6O2.C24H25ClN4O3.C22H21ClN6O2.C22H24ClN5O/c1-16-12-27-23(30-25(33)34-17-7-3-2-4-8-17)11-22(16)32-13-19(18-9-5-6-10-21(18)26)20(14-32)24-28-15-29-31-24;1-15-12-27-22(28-24(31)32-16-7-3-2-4-8-16)11-21(15)29-13-18(19(14-29)23(26)30)17-9-5-6-10-20(17)25;1-14-10-24-20(27-21(30)7-8-31-2)9-19(14)29-11-16(15-5-3-4-6-18(15)23)17(12-29)22-25-13-26-28-22;1-14-10-26-21(24)9-20(14)28-12-17(18(13-28)22(25)29)16-8-15(4-5-19(16)23)11-27-6-2-3-7-27/h5-6,9-15,17H,2-4,7-8H2,1H3,(H,27,30,33)(H,28,29,31);5-6,9-14,16H,2-4,7-8H2,1H3,(H2,26,30)(H,27,28,31);3-6,9-13H,7-8H2,1-2H3,(H,24,27,30)(H,25,26,28);4-5,8-10,12-13H,2-3,6-7,11H2,1H3,(H2,24,26)(H2,25,29). The number of nitrogen functional groups attached to an aromatic ring is 1. The summed E-state index contributed by atoms with van der Waals surface area (Å²) in [5.41, 5.74) is 34.3. The third-order valence-electron chi connectivity index (χ3n) is 21.9. The van der Waals surface area contributed by atoms with Crippen molar-refractivity contribution in [2.75, 3.05) is 48.5 Å². The third kappa shape index (κ3) is 22.1. The first-order valence-corrected chi connectivity index (χ1v) is 42.8. The topological polar surface area (TPSA) is 385 Å². The van der Waals surface area contributed by atoms with Gasteiger partial charge in [-0.1, -0.05) is 120 Å². The number of rotatable bonds is 22. The molecular weight excluding hydrogens is 1680 g/mol. The van der Waals surface area contributed by atoms with E-state index in [0.29, 0.717) is 89.4 Å². The fourth-order valence-corrected chi connectivity index (χ4v) is 16.4. The number of nitrogens with two attached hydrogens (primary N) is 3. The molecule has 11 N–H and O–H groups in total. The molecule has 17 rings (SSSR count). The minimum Gasteiger partial charge on any atom is -0.446 e. The van der Waals surface area contributed by atoms with Crippen molar-refractivity contribution in [2.24, 2.45) is 11.5 Å². The van der Waals surface area contributed by atoms with Crippen molar-refractivity contribution in [1.82, 2.24) is 73.5 Å². The number of hydrogen-bond acceptors (Lipinski definition) is 18. The smallest absolute Gasteiger partial charge is 0.413 e. The van der Waals surface area contributed by atoms with Gasteiger partial charge in [0.2, 0.25) is 5.91 Å². The number of aromatic amines is 2. The summed E-state index contributed by atoms with van der Waals surface area (Å²) in [4.78, 5) is 89.3. The Bertz CT molecular complexity index is 6200. The summed E-state index contributed by atoms with van der Waals surface area (Å²) in [6.07, 6.45) is 36.8. The summed E-state index contributed by atoms with van der Waals surface area (Å²) in [5.74, 6) is 1.72. The lowest BCUT2D eigenvalue weighted by Gasteiger charge is -2.21. The summed E-state index contributed by atoms with van der Waals surface area (Å²) in [7, 11) is 1.56. The lowest BCUT2D eigenvalue weighted by molar-refractivity contribution is -0.117. The molecule has 0 bridgehead atoms. The van der Waals surface area contributed by atoms with Crippen LogP contribution in [0, 0.1) is 27.7 Å².